The van der Waals surface area contributed by atoms with Gasteiger partial charge < -0.3 is 68.0 Å². The number of nitrogens with zero attached hydrogens (tertiary/aromatic N) is 2. The molecule has 0 saturated carbocycles. The van der Waals surface area contributed by atoms with E-state index in [4.69, 9.17) is 37.5 Å². The number of H-pyrrole nitrogens is 2. The lowest BCUT2D eigenvalue weighted by atomic mass is 10.0. The summed E-state index contributed by atoms with van der Waals surface area (Å²) in [4.78, 5) is 123. The van der Waals surface area contributed by atoms with Crippen LogP contribution in [0.1, 0.15) is 82.6 Å². The number of hydrogen-bond acceptors (Lipinski definition) is 18. The van der Waals surface area contributed by atoms with E-state index in [-0.39, 0.29) is 63.5 Å². The second-order valence-corrected chi connectivity index (χ2v) is 21.1. The fourth-order valence-electron chi connectivity index (χ4n) is 9.04. The van der Waals surface area contributed by atoms with Crippen LogP contribution in [0.5, 0.6) is 0 Å². The molecule has 30 heteroatoms. The summed E-state index contributed by atoms with van der Waals surface area (Å²) in [7, 11) is 2.48. The Morgan fingerprint density at radius 2 is 0.901 bits per heavy atom. The SMILES string of the molecule is CC.COC(=O)[C@H](Cc1c[nH]c2ccccc12)NC(=O)[C@H](CCCN=C(N)NOON)NC(=O)[C@@H](Cc1ccccc1)NC(=O)OC(C)(C)C.COC(=O)[C@H](Cc1c[nH]c2ccccc12)NC(=O)[C@H](CCCN=C(N)NOON)NC(=O)[C@H]([NH3+])Cc1ccccc1. The summed E-state index contributed by atoms with van der Waals surface area (Å²) in [5.74, 6) is 5.77. The van der Waals surface area contributed by atoms with Gasteiger partial charge in [0.05, 0.1) is 14.2 Å². The van der Waals surface area contributed by atoms with Gasteiger partial charge in [-0.15, -0.1) is 9.98 Å². The molecule has 0 saturated heterocycles. The van der Waals surface area contributed by atoms with Gasteiger partial charge in [-0.25, -0.2) is 25.3 Å². The van der Waals surface area contributed by atoms with Crippen molar-refractivity contribution in [3.63, 3.8) is 0 Å². The Balaban J connectivity index is 0.000000382. The molecule has 20 N–H and O–H groups in total. The quantitative estimate of drug-likeness (QED) is 0.00558. The number of alkyl carbamates (subject to hydrolysis) is 1. The Labute approximate surface area is 526 Å². The Morgan fingerprint density at radius 1 is 0.516 bits per heavy atom. The minimum Gasteiger partial charge on any atom is -0.467 e. The highest BCUT2D eigenvalue weighted by Crippen LogP contribution is 2.22. The largest absolute Gasteiger partial charge is 0.467 e. The maximum Gasteiger partial charge on any atom is 0.408 e. The highest BCUT2D eigenvalue weighted by molar-refractivity contribution is 5.95. The van der Waals surface area contributed by atoms with Gasteiger partial charge in [0.25, 0.3) is 5.91 Å². The standard InChI is InChI=1S/C32H44N8O8.C27H36N8O6.C2H6/c1-32(2,3)46-31(44)39-25(17-20-11-6-5-7-12-20)28(42)37-24(15-10-16-35-30(33)40-48-47-34)27(41)38-26(29(43)45-4)18-21-19-36-23-14-9-8-13-22(21)23;1-39-26(38)23(15-18-16-32-21-11-6-5-10-19(18)21)34-25(37)22(12-7-13-31-27(29)35-41-40-30)33-24(36)20(28)14-17-8-3-2-4-9-17;1-2/h5-9,11-14,19,24-26,36H,10,15-18,34H2,1-4H3,(H,37,42)(H,38,41)(H,39,44)(H3,33,35,40);2-6,8-11,16,20,22-23,32H,7,12-15,28,30H2,1H3,(H,33,36)(H,34,37)(H3,29,31,35);1-2H3/p+1/t24-,25+,26-;20-,22+,23+;/m01./s1. The van der Waals surface area contributed by atoms with E-state index in [1.165, 1.54) is 14.2 Å². The second-order valence-electron chi connectivity index (χ2n) is 21.1. The molecule has 2 aromatic heterocycles. The zero-order valence-electron chi connectivity index (χ0n) is 52.2. The van der Waals surface area contributed by atoms with Crippen molar-refractivity contribution in [2.45, 2.75) is 128 Å². The Kier molecular flexibility index (Phi) is 31.9. The Bertz CT molecular complexity index is 3290. The molecule has 6 rings (SSSR count). The van der Waals surface area contributed by atoms with Crippen LogP contribution < -0.4 is 66.5 Å². The van der Waals surface area contributed by atoms with E-state index >= 15 is 0 Å². The number of carbonyl (C=O) groups is 7. The summed E-state index contributed by atoms with van der Waals surface area (Å²) in [6.07, 6.45) is 4.45. The Hall–Kier alpha value is -9.69. The van der Waals surface area contributed by atoms with Crippen LogP contribution in [0.2, 0.25) is 0 Å². The Morgan fingerprint density at radius 3 is 1.32 bits per heavy atom. The lowest BCUT2D eigenvalue weighted by Crippen LogP contribution is -2.70. The average molecular weight is 1270 g/mol. The van der Waals surface area contributed by atoms with Crippen molar-refractivity contribution in [3.05, 3.63) is 144 Å². The molecular formula is C61H87N16O14+. The molecule has 0 aliphatic carbocycles. The summed E-state index contributed by atoms with van der Waals surface area (Å²) in [6, 6.07) is 27.7. The smallest absolute Gasteiger partial charge is 0.408 e. The molecule has 6 atom stereocenters. The van der Waals surface area contributed by atoms with Crippen LogP contribution in [0, 0.1) is 0 Å². The van der Waals surface area contributed by atoms with Gasteiger partial charge in [-0.2, -0.15) is 11.8 Å². The molecule has 0 spiro atoms. The molecule has 91 heavy (non-hydrogen) atoms. The zero-order valence-corrected chi connectivity index (χ0v) is 52.2. The predicted octanol–water partition coefficient (Wildman–Crippen LogP) is 1.56. The highest BCUT2D eigenvalue weighted by Gasteiger charge is 2.33. The number of guanidine groups is 2. The molecule has 0 aliphatic heterocycles. The number of hydroxylamine groups is 2. The van der Waals surface area contributed by atoms with Gasteiger partial charge in [0.1, 0.15) is 35.8 Å². The third-order valence-corrected chi connectivity index (χ3v) is 13.3. The van der Waals surface area contributed by atoms with E-state index in [1.807, 2.05) is 111 Å². The third-order valence-electron chi connectivity index (χ3n) is 13.3. The minimum atomic E-state index is -1.15. The molecule has 2 heterocycles. The van der Waals surface area contributed by atoms with Gasteiger partial charge in [-0.1, -0.05) is 121 Å². The van der Waals surface area contributed by atoms with Gasteiger partial charge in [0, 0.05) is 73.0 Å². The van der Waals surface area contributed by atoms with Crippen molar-refractivity contribution in [1.82, 2.24) is 47.5 Å². The van der Waals surface area contributed by atoms with Gasteiger partial charge >= 0.3 is 18.0 Å². The van der Waals surface area contributed by atoms with Crippen molar-refractivity contribution in [2.24, 2.45) is 33.2 Å². The summed E-state index contributed by atoms with van der Waals surface area (Å²) in [6.45, 7) is 9.42. The first-order valence-corrected chi connectivity index (χ1v) is 29.3. The third kappa shape index (κ3) is 26.1. The van der Waals surface area contributed by atoms with Gasteiger partial charge in [0.15, 0.2) is 6.04 Å². The van der Waals surface area contributed by atoms with E-state index in [2.05, 4.69) is 83.2 Å². The van der Waals surface area contributed by atoms with Crippen molar-refractivity contribution in [3.8, 4) is 0 Å². The van der Waals surface area contributed by atoms with Gasteiger partial charge in [-0.05, 0) is 80.8 Å². The number of para-hydroxylation sites is 2. The number of quaternary nitrogens is 1. The molecular weight excluding hydrogens is 1180 g/mol. The number of esters is 2. The summed E-state index contributed by atoms with van der Waals surface area (Å²) in [5, 5.41) is 15.4. The highest BCUT2D eigenvalue weighted by atomic mass is 17.3. The van der Waals surface area contributed by atoms with Crippen LogP contribution in [-0.4, -0.2) is 133 Å². The molecule has 0 radical (unpaired) electrons. The molecule has 4 aromatic carbocycles. The molecule has 6 aromatic rings. The minimum absolute atomic E-state index is 0.0775. The molecule has 494 valence electrons. The fourth-order valence-corrected chi connectivity index (χ4v) is 9.04. The summed E-state index contributed by atoms with van der Waals surface area (Å²) in [5.41, 5.74) is 23.8. The van der Waals surface area contributed by atoms with Crippen LogP contribution in [0.25, 0.3) is 21.8 Å². The van der Waals surface area contributed by atoms with Crippen molar-refractivity contribution in [1.29, 1.82) is 0 Å². The number of fused-ring (bicyclic) bond motifs is 2. The predicted molar refractivity (Wildman–Crippen MR) is 338 cm³/mol. The van der Waals surface area contributed by atoms with Crippen LogP contribution in [0.4, 0.5) is 4.79 Å². The second kappa shape index (κ2) is 39.3. The normalized spacial score (nSPS) is 13.4. The number of carbonyl (C=O) groups excluding carboxylic acids is 7. The maximum absolute atomic E-state index is 13.8. The van der Waals surface area contributed by atoms with E-state index in [0.717, 1.165) is 44.1 Å². The molecule has 0 unspecified atom stereocenters. The molecule has 30 nitrogen and oxygen atoms in total. The molecule has 0 aliphatic rings. The van der Waals surface area contributed by atoms with Gasteiger partial charge in [0.2, 0.25) is 29.6 Å². The van der Waals surface area contributed by atoms with Crippen molar-refractivity contribution >= 4 is 75.4 Å². The van der Waals surface area contributed by atoms with E-state index in [0.29, 0.717) is 12.8 Å². The summed E-state index contributed by atoms with van der Waals surface area (Å²) >= 11 is 0. The molecule has 0 bridgehead atoms. The first-order valence-electron chi connectivity index (χ1n) is 29.3. The summed E-state index contributed by atoms with van der Waals surface area (Å²) < 4.78 is 15.4. The number of ether oxygens (including phenoxy) is 3. The molecule has 0 fully saturated rings. The maximum atomic E-state index is 13.8. The van der Waals surface area contributed by atoms with Crippen molar-refractivity contribution < 1.29 is 73.5 Å². The number of rotatable bonds is 31. The number of aromatic nitrogens is 2. The number of nitrogens with one attached hydrogen (secondary N) is 9. The number of benzene rings is 4. The van der Waals surface area contributed by atoms with Crippen LogP contribution in [0.3, 0.4) is 0 Å². The number of methoxy groups -OCH3 is 2. The van der Waals surface area contributed by atoms with E-state index in [9.17, 15) is 33.6 Å². The lowest BCUT2D eigenvalue weighted by Gasteiger charge is -2.26. The molecule has 5 amide bonds. The number of amides is 5. The van der Waals surface area contributed by atoms with Crippen molar-refractivity contribution in [2.75, 3.05) is 27.3 Å². The first kappa shape index (κ1) is 73.8. The number of aromatic amines is 2. The van der Waals surface area contributed by atoms with E-state index < -0.39 is 83.5 Å². The van der Waals surface area contributed by atoms with Crippen LogP contribution >= 0.6 is 0 Å². The van der Waals surface area contributed by atoms with E-state index in [1.54, 1.807) is 45.3 Å². The first-order chi connectivity index (χ1) is 43.7. The number of hydrogen-bond donors (Lipinski definition) is 14. The topological polar surface area (TPSA) is 456 Å². The lowest BCUT2D eigenvalue weighted by molar-refractivity contribution is -0.403. The monoisotopic (exact) mass is 1270 g/mol. The number of nitrogens with two attached hydrogens (primary N) is 4. The number of aliphatic imine (C=N–C) groups is 2. The fraction of sp³-hybridized carbons (Fsp3) is 0.393. The van der Waals surface area contributed by atoms with Crippen LogP contribution in [0.15, 0.2) is 132 Å². The zero-order chi connectivity index (χ0) is 66.7. The average Bonchev–Trinajstić information content (AvgIpc) is 2.12. The van der Waals surface area contributed by atoms with Crippen LogP contribution in [-0.2, 0) is 88.6 Å². The van der Waals surface area contributed by atoms with Gasteiger partial charge in [-0.3, -0.25) is 29.2 Å².